The highest BCUT2D eigenvalue weighted by molar-refractivity contribution is 7.99. The van der Waals surface area contributed by atoms with E-state index in [1.54, 1.807) is 7.11 Å². The van der Waals surface area contributed by atoms with Gasteiger partial charge in [-0.2, -0.15) is 11.8 Å². The van der Waals surface area contributed by atoms with Crippen molar-refractivity contribution in [3.8, 4) is 5.75 Å². The minimum Gasteiger partial charge on any atom is -0.497 e. The van der Waals surface area contributed by atoms with Gasteiger partial charge in [-0.1, -0.05) is 12.2 Å². The Morgan fingerprint density at radius 3 is 2.89 bits per heavy atom. The van der Waals surface area contributed by atoms with E-state index in [0.717, 1.165) is 22.8 Å². The SMILES string of the molecule is COc1ccc(C(N)=S)c(N(C)C2CCSC2)c1. The van der Waals surface area contributed by atoms with Crippen LogP contribution in [0.4, 0.5) is 5.69 Å². The predicted molar refractivity (Wildman–Crippen MR) is 83.0 cm³/mol. The zero-order valence-corrected chi connectivity index (χ0v) is 12.3. The summed E-state index contributed by atoms with van der Waals surface area (Å²) in [4.78, 5) is 2.71. The van der Waals surface area contributed by atoms with Gasteiger partial charge in [-0.3, -0.25) is 0 Å². The molecule has 0 spiro atoms. The average molecular weight is 282 g/mol. The molecular weight excluding hydrogens is 264 g/mol. The van der Waals surface area contributed by atoms with Crippen molar-refractivity contribution in [1.82, 2.24) is 0 Å². The molecule has 0 amide bonds. The molecule has 1 aliphatic heterocycles. The third kappa shape index (κ3) is 2.72. The maximum atomic E-state index is 5.80. The number of rotatable bonds is 4. The van der Waals surface area contributed by atoms with Crippen molar-refractivity contribution >= 4 is 34.7 Å². The Labute approximate surface area is 118 Å². The normalized spacial score (nSPS) is 18.7. The summed E-state index contributed by atoms with van der Waals surface area (Å²) in [7, 11) is 3.78. The van der Waals surface area contributed by atoms with Gasteiger partial charge in [0.15, 0.2) is 0 Å². The monoisotopic (exact) mass is 282 g/mol. The van der Waals surface area contributed by atoms with Gasteiger partial charge < -0.3 is 15.4 Å². The summed E-state index contributed by atoms with van der Waals surface area (Å²) >= 11 is 7.12. The first-order chi connectivity index (χ1) is 8.63. The summed E-state index contributed by atoms with van der Waals surface area (Å²) < 4.78 is 5.29. The Hall–Kier alpha value is -0.940. The number of nitrogens with zero attached hydrogens (tertiary/aromatic N) is 1. The van der Waals surface area contributed by atoms with Crippen LogP contribution in [-0.2, 0) is 0 Å². The van der Waals surface area contributed by atoms with Crippen molar-refractivity contribution in [3.63, 3.8) is 0 Å². The van der Waals surface area contributed by atoms with Crippen LogP contribution in [0.1, 0.15) is 12.0 Å². The van der Waals surface area contributed by atoms with E-state index in [9.17, 15) is 0 Å². The molecular formula is C13H18N2OS2. The maximum Gasteiger partial charge on any atom is 0.120 e. The van der Waals surface area contributed by atoms with Crippen LogP contribution in [0.15, 0.2) is 18.2 Å². The summed E-state index contributed by atoms with van der Waals surface area (Å²) in [5.74, 6) is 3.22. The summed E-state index contributed by atoms with van der Waals surface area (Å²) in [5.41, 5.74) is 7.79. The highest BCUT2D eigenvalue weighted by Crippen LogP contribution is 2.31. The number of anilines is 1. The van der Waals surface area contributed by atoms with Gasteiger partial charge in [-0.25, -0.2) is 0 Å². The summed E-state index contributed by atoms with van der Waals surface area (Å²) in [6, 6.07) is 6.40. The molecule has 2 N–H and O–H groups in total. The molecule has 0 aromatic heterocycles. The van der Waals surface area contributed by atoms with Crippen molar-refractivity contribution in [1.29, 1.82) is 0 Å². The van der Waals surface area contributed by atoms with E-state index in [0.29, 0.717) is 11.0 Å². The van der Waals surface area contributed by atoms with Crippen molar-refractivity contribution in [2.75, 3.05) is 30.6 Å². The molecule has 0 radical (unpaired) electrons. The van der Waals surface area contributed by atoms with Crippen molar-refractivity contribution in [3.05, 3.63) is 23.8 Å². The van der Waals surface area contributed by atoms with Crippen molar-refractivity contribution < 1.29 is 4.74 Å². The van der Waals surface area contributed by atoms with E-state index in [1.807, 2.05) is 30.0 Å². The second-order valence-corrected chi connectivity index (χ2v) is 5.97. The third-order valence-electron chi connectivity index (χ3n) is 3.30. The van der Waals surface area contributed by atoms with Crippen molar-refractivity contribution in [2.45, 2.75) is 12.5 Å². The summed E-state index contributed by atoms with van der Waals surface area (Å²) in [5, 5.41) is 0. The van der Waals surface area contributed by atoms with Crippen LogP contribution in [0.3, 0.4) is 0 Å². The second-order valence-electron chi connectivity index (χ2n) is 4.38. The van der Waals surface area contributed by atoms with E-state index >= 15 is 0 Å². The molecule has 1 fully saturated rings. The van der Waals surface area contributed by atoms with E-state index in [4.69, 9.17) is 22.7 Å². The van der Waals surface area contributed by atoms with Crippen LogP contribution in [0.25, 0.3) is 0 Å². The van der Waals surface area contributed by atoms with E-state index in [1.165, 1.54) is 12.2 Å². The molecule has 0 saturated carbocycles. The fraction of sp³-hybridized carbons (Fsp3) is 0.462. The molecule has 98 valence electrons. The number of thiocarbonyl (C=S) groups is 1. The molecule has 1 aliphatic rings. The Morgan fingerprint density at radius 2 is 2.33 bits per heavy atom. The van der Waals surface area contributed by atoms with Crippen LogP contribution in [0.5, 0.6) is 5.75 Å². The number of benzene rings is 1. The number of hydrogen-bond acceptors (Lipinski definition) is 4. The Bertz CT molecular complexity index is 445. The first-order valence-electron chi connectivity index (χ1n) is 5.92. The van der Waals surface area contributed by atoms with E-state index < -0.39 is 0 Å². The molecule has 18 heavy (non-hydrogen) atoms. The molecule has 0 aliphatic carbocycles. The molecule has 1 atom stereocenters. The van der Waals surface area contributed by atoms with Crippen LogP contribution >= 0.6 is 24.0 Å². The smallest absolute Gasteiger partial charge is 0.120 e. The van der Waals surface area contributed by atoms with E-state index in [-0.39, 0.29) is 0 Å². The number of ether oxygens (including phenoxy) is 1. The second kappa shape index (κ2) is 5.80. The number of hydrogen-bond donors (Lipinski definition) is 1. The lowest BCUT2D eigenvalue weighted by Gasteiger charge is -2.28. The molecule has 1 heterocycles. The molecule has 3 nitrogen and oxygen atoms in total. The van der Waals surface area contributed by atoms with Gasteiger partial charge in [0.05, 0.1) is 12.8 Å². The Kier molecular flexibility index (Phi) is 4.35. The highest BCUT2D eigenvalue weighted by Gasteiger charge is 2.22. The van der Waals surface area contributed by atoms with Gasteiger partial charge in [-0.05, 0) is 24.3 Å². The van der Waals surface area contributed by atoms with Gasteiger partial charge in [0, 0.05) is 30.5 Å². The van der Waals surface area contributed by atoms with Gasteiger partial charge in [0.1, 0.15) is 10.7 Å². The molecule has 1 unspecified atom stereocenters. The predicted octanol–water partition coefficient (Wildman–Crippen LogP) is 2.27. The fourth-order valence-corrected chi connectivity index (χ4v) is 3.60. The van der Waals surface area contributed by atoms with Gasteiger partial charge in [0.2, 0.25) is 0 Å². The maximum absolute atomic E-state index is 5.80. The minimum atomic E-state index is 0.435. The van der Waals surface area contributed by atoms with Crippen LogP contribution in [0, 0.1) is 0 Å². The summed E-state index contributed by atoms with van der Waals surface area (Å²) in [6.07, 6.45) is 1.20. The zero-order valence-electron chi connectivity index (χ0n) is 10.7. The molecule has 5 heteroatoms. The first-order valence-corrected chi connectivity index (χ1v) is 7.48. The molecule has 1 aromatic carbocycles. The van der Waals surface area contributed by atoms with Gasteiger partial charge >= 0.3 is 0 Å². The molecule has 2 rings (SSSR count). The highest BCUT2D eigenvalue weighted by atomic mass is 32.2. The summed E-state index contributed by atoms with van der Waals surface area (Å²) in [6.45, 7) is 0. The first kappa shape index (κ1) is 13.5. The average Bonchev–Trinajstić information content (AvgIpc) is 2.90. The minimum absolute atomic E-state index is 0.435. The number of thioether (sulfide) groups is 1. The Morgan fingerprint density at radius 1 is 1.56 bits per heavy atom. The van der Waals surface area contributed by atoms with Gasteiger partial charge in [0.25, 0.3) is 0 Å². The van der Waals surface area contributed by atoms with Crippen LogP contribution in [-0.4, -0.2) is 36.7 Å². The molecule has 1 aromatic rings. The van der Waals surface area contributed by atoms with Crippen LogP contribution < -0.4 is 15.4 Å². The fourth-order valence-electron chi connectivity index (χ4n) is 2.16. The Balaban J connectivity index is 2.35. The van der Waals surface area contributed by atoms with Crippen molar-refractivity contribution in [2.24, 2.45) is 5.73 Å². The van der Waals surface area contributed by atoms with E-state index in [2.05, 4.69) is 11.9 Å². The topological polar surface area (TPSA) is 38.5 Å². The zero-order chi connectivity index (χ0) is 13.1. The lowest BCUT2D eigenvalue weighted by atomic mass is 10.1. The number of methoxy groups -OCH3 is 1. The lowest BCUT2D eigenvalue weighted by molar-refractivity contribution is 0.414. The standard InChI is InChI=1S/C13H18N2OS2/c1-15(9-5-6-18-8-9)12-7-10(16-2)3-4-11(12)13(14)17/h3-4,7,9H,5-6,8H2,1-2H3,(H2,14,17). The quantitative estimate of drug-likeness (QED) is 0.858. The molecule has 1 saturated heterocycles. The number of nitrogens with two attached hydrogens (primary N) is 1. The van der Waals surface area contributed by atoms with Crippen LogP contribution in [0.2, 0.25) is 0 Å². The van der Waals surface area contributed by atoms with Gasteiger partial charge in [-0.15, -0.1) is 0 Å². The lowest BCUT2D eigenvalue weighted by Crippen LogP contribution is -2.33. The largest absolute Gasteiger partial charge is 0.497 e. The third-order valence-corrected chi connectivity index (χ3v) is 4.67. The molecule has 0 bridgehead atoms.